The number of aliphatic hydroxyl groups is 1. The molecule has 0 fully saturated rings. The van der Waals surface area contributed by atoms with E-state index in [1.165, 1.54) is 0 Å². The number of hydrogen-bond acceptors (Lipinski definition) is 1. The van der Waals surface area contributed by atoms with Crippen molar-refractivity contribution in [2.24, 2.45) is 0 Å². The van der Waals surface area contributed by atoms with E-state index < -0.39 is 29.1 Å². The van der Waals surface area contributed by atoms with E-state index in [1.54, 1.807) is 0 Å². The highest BCUT2D eigenvalue weighted by molar-refractivity contribution is 9.10. The van der Waals surface area contributed by atoms with Gasteiger partial charge in [0.2, 0.25) is 0 Å². The maximum absolute atomic E-state index is 13.1. The van der Waals surface area contributed by atoms with Gasteiger partial charge < -0.3 is 5.11 Å². The van der Waals surface area contributed by atoms with Gasteiger partial charge in [-0.25, -0.2) is 13.2 Å². The highest BCUT2D eigenvalue weighted by Gasteiger charge is 2.21. The summed E-state index contributed by atoms with van der Waals surface area (Å²) >= 11 is 7.92. The number of aliphatic hydroxyl groups excluding tert-OH is 1. The van der Waals surface area contributed by atoms with E-state index in [-0.39, 0.29) is 16.5 Å². The second-order valence-corrected chi connectivity index (χ2v) is 3.69. The minimum absolute atomic E-state index is 0.183. The Morgan fingerprint density at radius 1 is 1.14 bits per heavy atom. The summed E-state index contributed by atoms with van der Waals surface area (Å²) < 4.78 is 38.9. The Hall–Kier alpha value is -0.260. The molecule has 1 N–H and O–H groups in total. The molecule has 0 aliphatic carbocycles. The van der Waals surface area contributed by atoms with Crippen molar-refractivity contribution >= 4 is 27.5 Å². The average molecular weight is 289 g/mol. The van der Waals surface area contributed by atoms with Crippen molar-refractivity contribution in [2.75, 3.05) is 6.61 Å². The molecule has 0 bridgehead atoms. The van der Waals surface area contributed by atoms with Crippen LogP contribution in [-0.2, 0) is 6.42 Å². The zero-order valence-electron chi connectivity index (χ0n) is 6.75. The molecule has 0 aliphatic rings. The summed E-state index contributed by atoms with van der Waals surface area (Å²) in [5, 5.41) is 7.66. The van der Waals surface area contributed by atoms with Gasteiger partial charge in [-0.2, -0.15) is 0 Å². The summed E-state index contributed by atoms with van der Waals surface area (Å²) in [6.07, 6.45) is -0.183. The third-order valence-corrected chi connectivity index (χ3v) is 2.82. The molecule has 0 radical (unpaired) electrons. The lowest BCUT2D eigenvalue weighted by Gasteiger charge is -2.08. The van der Waals surface area contributed by atoms with Gasteiger partial charge in [0, 0.05) is 12.2 Å². The largest absolute Gasteiger partial charge is 0.396 e. The molecule has 0 aromatic heterocycles. The first-order valence-electron chi connectivity index (χ1n) is 3.61. The van der Waals surface area contributed by atoms with Gasteiger partial charge in [0.1, 0.15) is 5.02 Å². The quantitative estimate of drug-likeness (QED) is 0.655. The van der Waals surface area contributed by atoms with E-state index in [2.05, 4.69) is 15.9 Å². The van der Waals surface area contributed by atoms with Crippen LogP contribution in [0.25, 0.3) is 0 Å². The molecule has 0 atom stereocenters. The molecule has 0 heterocycles. The third kappa shape index (κ3) is 1.89. The van der Waals surface area contributed by atoms with Crippen molar-refractivity contribution in [2.45, 2.75) is 6.42 Å². The van der Waals surface area contributed by atoms with E-state index in [1.807, 2.05) is 0 Å². The van der Waals surface area contributed by atoms with Gasteiger partial charge in [0.25, 0.3) is 0 Å². The third-order valence-electron chi connectivity index (χ3n) is 1.66. The maximum Gasteiger partial charge on any atom is 0.180 e. The fraction of sp³-hybridized carbons (Fsp3) is 0.250. The highest BCUT2D eigenvalue weighted by Crippen LogP contribution is 2.32. The normalized spacial score (nSPS) is 10.7. The van der Waals surface area contributed by atoms with Gasteiger partial charge in [-0.1, -0.05) is 11.6 Å². The highest BCUT2D eigenvalue weighted by atomic mass is 79.9. The molecule has 0 amide bonds. The van der Waals surface area contributed by atoms with Crippen LogP contribution >= 0.6 is 27.5 Å². The van der Waals surface area contributed by atoms with Crippen LogP contribution < -0.4 is 0 Å². The second-order valence-electron chi connectivity index (χ2n) is 2.52. The summed E-state index contributed by atoms with van der Waals surface area (Å²) in [7, 11) is 0. The molecule has 1 nitrogen and oxygen atoms in total. The monoisotopic (exact) mass is 288 g/mol. The lowest BCUT2D eigenvalue weighted by molar-refractivity contribution is 0.296. The molecule has 0 spiro atoms. The predicted molar refractivity (Wildman–Crippen MR) is 49.8 cm³/mol. The first kappa shape index (κ1) is 11.8. The van der Waals surface area contributed by atoms with Crippen molar-refractivity contribution in [1.82, 2.24) is 0 Å². The van der Waals surface area contributed by atoms with Crippen molar-refractivity contribution in [3.8, 4) is 0 Å². The summed E-state index contributed by atoms with van der Waals surface area (Å²) in [6.45, 7) is -0.407. The zero-order valence-corrected chi connectivity index (χ0v) is 9.09. The Labute approximate surface area is 91.6 Å². The molecule has 14 heavy (non-hydrogen) atoms. The van der Waals surface area contributed by atoms with Crippen LogP contribution in [0.5, 0.6) is 0 Å². The summed E-state index contributed by atoms with van der Waals surface area (Å²) in [6, 6.07) is 0. The van der Waals surface area contributed by atoms with Gasteiger partial charge in [-0.05, 0) is 22.4 Å². The lowest BCUT2D eigenvalue weighted by atomic mass is 10.1. The topological polar surface area (TPSA) is 20.2 Å². The van der Waals surface area contributed by atoms with Crippen LogP contribution in [0.3, 0.4) is 0 Å². The van der Waals surface area contributed by atoms with Gasteiger partial charge >= 0.3 is 0 Å². The molecule has 0 unspecified atom stereocenters. The molecule has 0 aliphatic heterocycles. The Morgan fingerprint density at radius 2 is 1.71 bits per heavy atom. The number of benzene rings is 1. The SMILES string of the molecule is OCCc1c(F)c(F)c(Cl)c(F)c1Br. The van der Waals surface area contributed by atoms with Crippen LogP contribution in [0.2, 0.25) is 5.02 Å². The Bertz CT molecular complexity index is 341. The zero-order chi connectivity index (χ0) is 10.9. The van der Waals surface area contributed by atoms with Crippen LogP contribution in [-0.4, -0.2) is 11.7 Å². The molecular weight excluding hydrogens is 284 g/mol. The van der Waals surface area contributed by atoms with E-state index in [0.717, 1.165) is 0 Å². The number of hydrogen-bond donors (Lipinski definition) is 1. The summed E-state index contributed by atoms with van der Waals surface area (Å²) in [4.78, 5) is 0. The molecule has 0 saturated carbocycles. The van der Waals surface area contributed by atoms with E-state index >= 15 is 0 Å². The number of rotatable bonds is 2. The lowest BCUT2D eigenvalue weighted by Crippen LogP contribution is -2.03. The van der Waals surface area contributed by atoms with E-state index in [0.29, 0.717) is 0 Å². The van der Waals surface area contributed by atoms with Crippen LogP contribution in [0.1, 0.15) is 5.56 Å². The molecule has 78 valence electrons. The molecule has 1 aromatic rings. The van der Waals surface area contributed by atoms with Gasteiger partial charge in [0.05, 0.1) is 4.47 Å². The van der Waals surface area contributed by atoms with Crippen LogP contribution in [0, 0.1) is 17.5 Å². The van der Waals surface area contributed by atoms with Gasteiger partial charge in [-0.15, -0.1) is 0 Å². The average Bonchev–Trinajstić information content (AvgIpc) is 2.19. The first-order valence-corrected chi connectivity index (χ1v) is 4.79. The number of halogens is 5. The molecular formula is C8H5BrClF3O. The summed E-state index contributed by atoms with van der Waals surface area (Å²) in [5.41, 5.74) is -0.257. The van der Waals surface area contributed by atoms with Crippen molar-refractivity contribution in [1.29, 1.82) is 0 Å². The predicted octanol–water partition coefficient (Wildman–Crippen LogP) is 3.05. The minimum atomic E-state index is -1.43. The molecule has 6 heteroatoms. The molecule has 0 saturated heterocycles. The van der Waals surface area contributed by atoms with Crippen LogP contribution in [0.4, 0.5) is 13.2 Å². The molecule has 1 rings (SSSR count). The van der Waals surface area contributed by atoms with Crippen molar-refractivity contribution in [3.63, 3.8) is 0 Å². The van der Waals surface area contributed by atoms with Crippen LogP contribution in [0.15, 0.2) is 4.47 Å². The van der Waals surface area contributed by atoms with Gasteiger partial charge in [0.15, 0.2) is 17.5 Å². The smallest absolute Gasteiger partial charge is 0.180 e. The molecule has 1 aromatic carbocycles. The Kier molecular flexibility index (Phi) is 3.80. The fourth-order valence-electron chi connectivity index (χ4n) is 0.982. The first-order chi connectivity index (χ1) is 6.50. The van der Waals surface area contributed by atoms with E-state index in [9.17, 15) is 13.2 Å². The summed E-state index contributed by atoms with van der Waals surface area (Å²) in [5.74, 6) is -3.73. The minimum Gasteiger partial charge on any atom is -0.396 e. The van der Waals surface area contributed by atoms with Gasteiger partial charge in [-0.3, -0.25) is 0 Å². The Morgan fingerprint density at radius 3 is 2.21 bits per heavy atom. The second kappa shape index (κ2) is 4.51. The van der Waals surface area contributed by atoms with Crippen molar-refractivity contribution < 1.29 is 18.3 Å². The Balaban J connectivity index is 3.43. The van der Waals surface area contributed by atoms with E-state index in [4.69, 9.17) is 16.7 Å². The fourth-order valence-corrected chi connectivity index (χ4v) is 1.84. The van der Waals surface area contributed by atoms with Crippen molar-refractivity contribution in [3.05, 3.63) is 32.5 Å². The standard InChI is InChI=1S/C8H5BrClF3O/c9-4-3(1-2-14)6(11)8(13)5(10)7(4)12/h14H,1-2H2. The maximum atomic E-state index is 13.1.